The molecule has 0 heterocycles. The van der Waals surface area contributed by atoms with E-state index in [1.807, 2.05) is 30.3 Å². The van der Waals surface area contributed by atoms with Gasteiger partial charge in [0.25, 0.3) is 5.41 Å². The van der Waals surface area contributed by atoms with Crippen molar-refractivity contribution >= 4 is 17.9 Å². The van der Waals surface area contributed by atoms with Gasteiger partial charge >= 0.3 is 17.9 Å². The Kier molecular flexibility index (Phi) is 8.41. The van der Waals surface area contributed by atoms with Gasteiger partial charge in [-0.1, -0.05) is 30.3 Å². The van der Waals surface area contributed by atoms with Gasteiger partial charge in [-0.05, 0) is 50.6 Å². The second-order valence-corrected chi connectivity index (χ2v) is 6.30. The van der Waals surface area contributed by atoms with Gasteiger partial charge in [0, 0.05) is 6.42 Å². The van der Waals surface area contributed by atoms with Crippen molar-refractivity contribution in [3.63, 3.8) is 0 Å². The molecular weight excluding hydrogens is 388 g/mol. The van der Waals surface area contributed by atoms with Crippen LogP contribution in [0.3, 0.4) is 0 Å². The van der Waals surface area contributed by atoms with Crippen LogP contribution in [0, 0.1) is 5.41 Å². The SMILES string of the molecule is CCOC(=O)C(Cc1ccc(Oc2ccccc2)cc1)(C(=O)OCC)C(=O)OCC. The number of hydrogen-bond donors (Lipinski definition) is 0. The molecular formula is C23H26O7. The first-order valence-electron chi connectivity index (χ1n) is 9.81. The molecule has 0 aliphatic heterocycles. The highest BCUT2D eigenvalue weighted by Gasteiger charge is 2.57. The molecule has 0 atom stereocenters. The fourth-order valence-electron chi connectivity index (χ4n) is 2.84. The molecule has 2 rings (SSSR count). The zero-order chi connectivity index (χ0) is 22.0. The van der Waals surface area contributed by atoms with Crippen molar-refractivity contribution < 1.29 is 33.3 Å². The maximum absolute atomic E-state index is 12.8. The Bertz CT molecular complexity index is 798. The molecule has 30 heavy (non-hydrogen) atoms. The summed E-state index contributed by atoms with van der Waals surface area (Å²) in [6.45, 7) is 4.79. The highest BCUT2D eigenvalue weighted by molar-refractivity contribution is 6.18. The lowest BCUT2D eigenvalue weighted by atomic mass is 9.81. The van der Waals surface area contributed by atoms with Crippen LogP contribution in [0.15, 0.2) is 54.6 Å². The van der Waals surface area contributed by atoms with E-state index >= 15 is 0 Å². The molecule has 0 aliphatic rings. The number of carbonyl (C=O) groups excluding carboxylic acids is 3. The molecule has 0 saturated carbocycles. The van der Waals surface area contributed by atoms with Crippen LogP contribution in [-0.4, -0.2) is 37.7 Å². The molecule has 0 spiro atoms. The molecule has 0 radical (unpaired) electrons. The number of esters is 3. The van der Waals surface area contributed by atoms with E-state index in [-0.39, 0.29) is 26.2 Å². The van der Waals surface area contributed by atoms with E-state index in [4.69, 9.17) is 18.9 Å². The number of benzene rings is 2. The number of carbonyl (C=O) groups is 3. The van der Waals surface area contributed by atoms with Crippen molar-refractivity contribution in [2.24, 2.45) is 5.41 Å². The van der Waals surface area contributed by atoms with E-state index in [1.165, 1.54) is 0 Å². The summed E-state index contributed by atoms with van der Waals surface area (Å²) in [7, 11) is 0. The molecule has 0 saturated heterocycles. The average molecular weight is 414 g/mol. The third-order valence-electron chi connectivity index (χ3n) is 4.24. The second-order valence-electron chi connectivity index (χ2n) is 6.30. The Morgan fingerprint density at radius 3 is 1.53 bits per heavy atom. The predicted octanol–water partition coefficient (Wildman–Crippen LogP) is 3.70. The van der Waals surface area contributed by atoms with Crippen molar-refractivity contribution in [1.29, 1.82) is 0 Å². The Morgan fingerprint density at radius 1 is 0.667 bits per heavy atom. The van der Waals surface area contributed by atoms with E-state index < -0.39 is 23.3 Å². The number of rotatable bonds is 10. The van der Waals surface area contributed by atoms with Gasteiger partial charge in [-0.25, -0.2) is 0 Å². The zero-order valence-corrected chi connectivity index (χ0v) is 17.4. The summed E-state index contributed by atoms with van der Waals surface area (Å²) in [5.74, 6) is -1.74. The molecule has 2 aromatic carbocycles. The highest BCUT2D eigenvalue weighted by Crippen LogP contribution is 2.31. The van der Waals surface area contributed by atoms with Gasteiger partial charge in [-0.2, -0.15) is 0 Å². The summed E-state index contributed by atoms with van der Waals surface area (Å²) in [6, 6.07) is 16.0. The standard InChI is InChI=1S/C23H26O7/c1-4-27-20(24)23(21(25)28-5-2,22(26)29-6-3)16-17-12-14-19(15-13-17)30-18-10-8-7-9-11-18/h7-15H,4-6,16H2,1-3H3. The number of para-hydroxylation sites is 1. The van der Waals surface area contributed by atoms with Crippen molar-refractivity contribution in [1.82, 2.24) is 0 Å². The minimum atomic E-state index is -2.23. The van der Waals surface area contributed by atoms with Gasteiger partial charge in [0.05, 0.1) is 19.8 Å². The van der Waals surface area contributed by atoms with Gasteiger partial charge in [0.15, 0.2) is 0 Å². The minimum absolute atomic E-state index is 0.00322. The van der Waals surface area contributed by atoms with Gasteiger partial charge in [0.1, 0.15) is 11.5 Å². The lowest BCUT2D eigenvalue weighted by Crippen LogP contribution is -2.51. The molecule has 0 N–H and O–H groups in total. The lowest BCUT2D eigenvalue weighted by Gasteiger charge is -2.27. The fourth-order valence-corrected chi connectivity index (χ4v) is 2.84. The molecule has 7 heteroatoms. The van der Waals surface area contributed by atoms with Crippen LogP contribution in [0.25, 0.3) is 0 Å². The number of ether oxygens (including phenoxy) is 4. The van der Waals surface area contributed by atoms with Crippen LogP contribution in [-0.2, 0) is 35.0 Å². The van der Waals surface area contributed by atoms with Crippen molar-refractivity contribution in [3.05, 3.63) is 60.2 Å². The fraction of sp³-hybridized carbons (Fsp3) is 0.348. The van der Waals surface area contributed by atoms with E-state index in [0.29, 0.717) is 17.1 Å². The normalized spacial score (nSPS) is 10.8. The molecule has 0 aromatic heterocycles. The summed E-state index contributed by atoms with van der Waals surface area (Å²) >= 11 is 0. The van der Waals surface area contributed by atoms with Crippen LogP contribution in [0.2, 0.25) is 0 Å². The van der Waals surface area contributed by atoms with Gasteiger partial charge in [-0.3, -0.25) is 14.4 Å². The van der Waals surface area contributed by atoms with E-state index in [2.05, 4.69) is 0 Å². The van der Waals surface area contributed by atoms with Crippen LogP contribution in [0.5, 0.6) is 11.5 Å². The van der Waals surface area contributed by atoms with Crippen molar-refractivity contribution in [3.8, 4) is 11.5 Å². The highest BCUT2D eigenvalue weighted by atomic mass is 16.6. The van der Waals surface area contributed by atoms with E-state index in [1.54, 1.807) is 45.0 Å². The molecule has 0 bridgehead atoms. The van der Waals surface area contributed by atoms with Crippen LogP contribution >= 0.6 is 0 Å². The Hall–Kier alpha value is -3.35. The summed E-state index contributed by atoms with van der Waals surface area (Å²) in [5, 5.41) is 0. The molecule has 0 fully saturated rings. The molecule has 7 nitrogen and oxygen atoms in total. The van der Waals surface area contributed by atoms with Gasteiger partial charge in [-0.15, -0.1) is 0 Å². The van der Waals surface area contributed by atoms with Crippen LogP contribution < -0.4 is 4.74 Å². The Labute approximate surface area is 175 Å². The molecule has 160 valence electrons. The largest absolute Gasteiger partial charge is 0.465 e. The third-order valence-corrected chi connectivity index (χ3v) is 4.24. The Morgan fingerprint density at radius 2 is 1.10 bits per heavy atom. The van der Waals surface area contributed by atoms with Crippen molar-refractivity contribution in [2.45, 2.75) is 27.2 Å². The monoisotopic (exact) mass is 414 g/mol. The summed E-state index contributed by atoms with van der Waals surface area (Å²) in [6.07, 6.45) is -0.255. The van der Waals surface area contributed by atoms with Crippen LogP contribution in [0.4, 0.5) is 0 Å². The first-order valence-corrected chi connectivity index (χ1v) is 9.81. The zero-order valence-electron chi connectivity index (χ0n) is 17.4. The maximum atomic E-state index is 12.8. The summed E-state index contributed by atoms with van der Waals surface area (Å²) in [5.41, 5.74) is -1.69. The molecule has 0 amide bonds. The molecule has 2 aromatic rings. The maximum Gasteiger partial charge on any atom is 0.335 e. The lowest BCUT2D eigenvalue weighted by molar-refractivity contribution is -0.183. The topological polar surface area (TPSA) is 88.1 Å². The summed E-state index contributed by atoms with van der Waals surface area (Å²) in [4.78, 5) is 38.3. The first kappa shape index (κ1) is 22.9. The van der Waals surface area contributed by atoms with Gasteiger partial charge < -0.3 is 18.9 Å². The Balaban J connectivity index is 2.34. The summed E-state index contributed by atoms with van der Waals surface area (Å²) < 4.78 is 20.9. The quantitative estimate of drug-likeness (QED) is 0.333. The number of hydrogen-bond acceptors (Lipinski definition) is 7. The second kappa shape index (κ2) is 11.0. The molecule has 0 unspecified atom stereocenters. The minimum Gasteiger partial charge on any atom is -0.465 e. The van der Waals surface area contributed by atoms with E-state index in [0.717, 1.165) is 0 Å². The predicted molar refractivity (Wildman–Crippen MR) is 109 cm³/mol. The van der Waals surface area contributed by atoms with E-state index in [9.17, 15) is 14.4 Å². The smallest absolute Gasteiger partial charge is 0.335 e. The van der Waals surface area contributed by atoms with Crippen LogP contribution in [0.1, 0.15) is 26.3 Å². The average Bonchev–Trinajstić information content (AvgIpc) is 2.74. The first-order chi connectivity index (χ1) is 14.5. The molecule has 0 aliphatic carbocycles. The third kappa shape index (κ3) is 5.37. The van der Waals surface area contributed by atoms with Crippen molar-refractivity contribution in [2.75, 3.05) is 19.8 Å². The van der Waals surface area contributed by atoms with Gasteiger partial charge in [0.2, 0.25) is 0 Å².